The van der Waals surface area contributed by atoms with Crippen LogP contribution in [0.2, 0.25) is 0 Å². The number of carbonyl (C=O) groups is 2. The Morgan fingerprint density at radius 3 is 2.07 bits per heavy atom. The maximum absolute atomic E-state index is 11.5. The van der Waals surface area contributed by atoms with Gasteiger partial charge in [-0.25, -0.2) is 4.99 Å². The first-order valence-corrected chi connectivity index (χ1v) is 14.1. The number of carboxylic acid groups (broad SMARTS) is 2. The van der Waals surface area contributed by atoms with Crippen LogP contribution in [0.5, 0.6) is 0 Å². The van der Waals surface area contributed by atoms with E-state index >= 15 is 0 Å². The number of hydrogen-bond donors (Lipinski definition) is 3. The molecule has 3 N–H and O–H groups in total. The number of aliphatic hydroxyl groups is 1. The largest absolute Gasteiger partial charge is 2.00 e. The number of aromatic nitrogens is 3. The molecule has 8 bridgehead atoms. The Hall–Kier alpha value is -4.37. The van der Waals surface area contributed by atoms with Crippen molar-refractivity contribution >= 4 is 48.0 Å². The molecule has 3 aromatic rings. The molecule has 5 rings (SSSR count). The summed E-state index contributed by atoms with van der Waals surface area (Å²) in [7, 11) is 0. The van der Waals surface area contributed by atoms with Gasteiger partial charge in [0.15, 0.2) is 0 Å². The molecule has 2 aliphatic rings. The molecule has 5 heterocycles. The van der Waals surface area contributed by atoms with Gasteiger partial charge in [-0.2, -0.15) is 0 Å². The third kappa shape index (κ3) is 6.01. The van der Waals surface area contributed by atoms with E-state index in [0.29, 0.717) is 38.6 Å². The zero-order valence-corrected chi connectivity index (χ0v) is 26.1. The maximum atomic E-state index is 11.5. The fourth-order valence-corrected chi connectivity index (χ4v) is 5.78. The van der Waals surface area contributed by atoms with Crippen LogP contribution in [0, 0.1) is 13.8 Å². The van der Waals surface area contributed by atoms with Crippen LogP contribution in [-0.4, -0.2) is 33.0 Å². The van der Waals surface area contributed by atoms with Gasteiger partial charge in [-0.05, 0) is 56.9 Å². The molecule has 2 aliphatic heterocycles. The Kier molecular flexibility index (Phi) is 9.68. The molecule has 0 saturated carbocycles. The Balaban J connectivity index is 0.00000442. The van der Waals surface area contributed by atoms with Crippen molar-refractivity contribution in [3.05, 3.63) is 95.7 Å². The summed E-state index contributed by atoms with van der Waals surface area (Å²) in [6, 6.07) is 0. The van der Waals surface area contributed by atoms with Crippen molar-refractivity contribution < 1.29 is 42.0 Å². The van der Waals surface area contributed by atoms with Crippen LogP contribution in [0.4, 0.5) is 0 Å². The number of aliphatic carboxylic acids is 2. The Labute approximate surface area is 265 Å². The fraction of sp³-hybridized carbons (Fsp3) is 0.265. The average Bonchev–Trinajstić information content (AvgIpc) is 3.63. The SMILES string of the molecule is C=CC1=C(C)C2=NC/1=C\c1[n-]c(/c(=C/C)c1C)=C\c1[n-]c(c(CCC(=O)O)c1CO)/C=c1\[n-]/c(c(C)c1CCC(=O)O)=C\2.[Fe+2]. The van der Waals surface area contributed by atoms with Gasteiger partial charge in [-0.1, -0.05) is 65.3 Å². The summed E-state index contributed by atoms with van der Waals surface area (Å²) < 4.78 is 0. The van der Waals surface area contributed by atoms with Gasteiger partial charge in [0.05, 0.1) is 18.0 Å². The Morgan fingerprint density at radius 1 is 0.818 bits per heavy atom. The summed E-state index contributed by atoms with van der Waals surface area (Å²) in [6.45, 7) is 11.5. The first-order valence-electron chi connectivity index (χ1n) is 14.1. The van der Waals surface area contributed by atoms with Crippen molar-refractivity contribution in [1.82, 2.24) is 15.0 Å². The van der Waals surface area contributed by atoms with Crippen LogP contribution < -0.4 is 36.2 Å². The Bertz CT molecular complexity index is 2030. The maximum Gasteiger partial charge on any atom is 2.00 e. The summed E-state index contributed by atoms with van der Waals surface area (Å²) in [5.74, 6) is -1.89. The second kappa shape index (κ2) is 13.1. The first kappa shape index (κ1) is 32.5. The molecule has 0 radical (unpaired) electrons. The van der Waals surface area contributed by atoms with E-state index in [1.54, 1.807) is 12.2 Å². The number of aliphatic imine (C=N–C) groups is 1. The number of hydrogen-bond acceptors (Lipinski definition) is 4. The van der Waals surface area contributed by atoms with Crippen molar-refractivity contribution in [1.29, 1.82) is 0 Å². The summed E-state index contributed by atoms with van der Waals surface area (Å²) in [5.41, 5.74) is 8.71. The van der Waals surface area contributed by atoms with E-state index in [2.05, 4.69) is 6.58 Å². The zero-order chi connectivity index (χ0) is 31.0. The van der Waals surface area contributed by atoms with E-state index in [-0.39, 0.29) is 49.4 Å². The van der Waals surface area contributed by atoms with E-state index in [9.17, 15) is 24.9 Å². The van der Waals surface area contributed by atoms with Crippen LogP contribution in [-0.2, 0) is 46.1 Å². The van der Waals surface area contributed by atoms with Gasteiger partial charge in [0, 0.05) is 18.4 Å². The summed E-state index contributed by atoms with van der Waals surface area (Å²) in [4.78, 5) is 42.7. The van der Waals surface area contributed by atoms with Crippen molar-refractivity contribution in [3.63, 3.8) is 0 Å². The molecule has 3 aromatic heterocycles. The minimum absolute atomic E-state index is 0. The molecule has 0 fully saturated rings. The van der Waals surface area contributed by atoms with Gasteiger partial charge in [0.25, 0.3) is 0 Å². The van der Waals surface area contributed by atoms with E-state index in [1.807, 2.05) is 52.0 Å². The monoisotopic (exact) mass is 633 g/mol. The van der Waals surface area contributed by atoms with Crippen LogP contribution >= 0.6 is 0 Å². The molecule has 44 heavy (non-hydrogen) atoms. The first-order chi connectivity index (χ1) is 20.6. The average molecular weight is 634 g/mol. The van der Waals surface area contributed by atoms with Gasteiger partial charge in [0.2, 0.25) is 0 Å². The minimum atomic E-state index is -0.965. The molecule has 0 aromatic carbocycles. The van der Waals surface area contributed by atoms with Crippen molar-refractivity contribution in [3.8, 4) is 0 Å². The second-order valence-electron chi connectivity index (χ2n) is 10.7. The summed E-state index contributed by atoms with van der Waals surface area (Å²) in [6.07, 6.45) is 11.4. The van der Waals surface area contributed by atoms with E-state index in [1.165, 1.54) is 0 Å². The van der Waals surface area contributed by atoms with Crippen LogP contribution in [0.15, 0.2) is 34.5 Å². The summed E-state index contributed by atoms with van der Waals surface area (Å²) in [5, 5.41) is 32.2. The molecule has 10 heteroatoms. The number of allylic oxidation sites excluding steroid dienone is 2. The van der Waals surface area contributed by atoms with E-state index < -0.39 is 11.9 Å². The molecule has 0 aliphatic carbocycles. The zero-order valence-electron chi connectivity index (χ0n) is 25.0. The molecule has 0 spiro atoms. The number of carboxylic acids is 2. The van der Waals surface area contributed by atoms with Gasteiger partial charge >= 0.3 is 29.0 Å². The number of rotatable bonds is 8. The summed E-state index contributed by atoms with van der Waals surface area (Å²) >= 11 is 0. The van der Waals surface area contributed by atoms with Crippen molar-refractivity contribution in [2.24, 2.45) is 4.99 Å². The Morgan fingerprint density at radius 2 is 1.45 bits per heavy atom. The van der Waals surface area contributed by atoms with Crippen LogP contribution in [0.1, 0.15) is 71.6 Å². The third-order valence-electron chi connectivity index (χ3n) is 8.14. The molecule has 0 atom stereocenters. The smallest absolute Gasteiger partial charge is 0.657 e. The molecular weight excluding hydrogens is 600 g/mol. The molecule has 228 valence electrons. The van der Waals surface area contributed by atoms with Gasteiger partial charge in [-0.15, -0.1) is 33.1 Å². The standard InChI is InChI=1S/C34H35N4O5.Fe/c1-6-20-17(3)25-12-26-19(5)22(8-10-33(40)41)30(37-26)15-31-23(9-11-34(42)43)24(16-39)32(38-31)14-29-21(7-2)18(4)27(36-29)13-28(20)35-25;/h6-7,12-15,39H,1,8-11,16H2,2-5H3,(H4-,35,36,37,38,40,41,42,43);/q-1;+2/p-2/b21-7+,28-13-;. The van der Waals surface area contributed by atoms with Gasteiger partial charge in [-0.3, -0.25) is 9.59 Å². The quantitative estimate of drug-likeness (QED) is 0.314. The molecule has 9 nitrogen and oxygen atoms in total. The second-order valence-corrected chi connectivity index (χ2v) is 10.7. The van der Waals surface area contributed by atoms with Gasteiger partial charge in [0.1, 0.15) is 0 Å². The van der Waals surface area contributed by atoms with E-state index in [0.717, 1.165) is 50.2 Å². The van der Waals surface area contributed by atoms with Crippen molar-refractivity contribution in [2.45, 2.75) is 60.0 Å². The molecule has 0 amide bonds. The van der Waals surface area contributed by atoms with Gasteiger partial charge < -0.3 is 30.3 Å². The molecule has 0 unspecified atom stereocenters. The predicted octanol–water partition coefficient (Wildman–Crippen LogP) is 1.25. The molecular formula is C34H33FeN4O5-. The number of nitrogens with zero attached hydrogens (tertiary/aromatic N) is 4. The van der Waals surface area contributed by atoms with E-state index in [4.69, 9.17) is 19.9 Å². The normalized spacial score (nSPS) is 17.8. The number of aliphatic hydroxyl groups excluding tert-OH is 1. The predicted molar refractivity (Wildman–Crippen MR) is 165 cm³/mol. The molecule has 0 saturated heterocycles. The number of fused-ring (bicyclic) bond motifs is 7. The fourth-order valence-electron chi connectivity index (χ4n) is 5.78. The third-order valence-corrected chi connectivity index (χ3v) is 8.14. The van der Waals surface area contributed by atoms with Crippen LogP contribution in [0.25, 0.3) is 30.4 Å². The topological polar surface area (TPSA) is 149 Å². The van der Waals surface area contributed by atoms with Crippen LogP contribution in [0.3, 0.4) is 0 Å². The minimum Gasteiger partial charge on any atom is -0.657 e. The van der Waals surface area contributed by atoms with Crippen molar-refractivity contribution in [2.75, 3.05) is 0 Å².